The molecule has 0 aliphatic heterocycles. The average Bonchev–Trinajstić information content (AvgIpc) is 2.37. The van der Waals surface area contributed by atoms with Gasteiger partial charge in [-0.1, -0.05) is 12.1 Å². The highest BCUT2D eigenvalue weighted by molar-refractivity contribution is 5.91. The van der Waals surface area contributed by atoms with Crippen LogP contribution >= 0.6 is 0 Å². The van der Waals surface area contributed by atoms with Gasteiger partial charge in [-0.15, -0.1) is 0 Å². The zero-order chi connectivity index (χ0) is 12.8. The Morgan fingerprint density at radius 3 is 2.76 bits per heavy atom. The van der Waals surface area contributed by atoms with Crippen LogP contribution in [0.3, 0.4) is 0 Å². The molecule has 0 aliphatic carbocycles. The van der Waals surface area contributed by atoms with Gasteiger partial charge in [0.2, 0.25) is 0 Å². The van der Waals surface area contributed by atoms with Gasteiger partial charge in [-0.25, -0.2) is 4.79 Å². The first kappa shape index (κ1) is 13.3. The number of hydrogen-bond acceptors (Lipinski definition) is 3. The standard InChI is InChI=1S/C12H19N3O2/c1-4-15(2)12(16)14-11-9(8-13)6-5-7-10(11)17-3/h5-7H,4,8,13H2,1-3H3,(H,14,16). The van der Waals surface area contributed by atoms with E-state index in [9.17, 15) is 4.79 Å². The summed E-state index contributed by atoms with van der Waals surface area (Å²) in [6.45, 7) is 2.90. The number of ether oxygens (including phenoxy) is 1. The maximum atomic E-state index is 11.8. The SMILES string of the molecule is CCN(C)C(=O)Nc1c(CN)cccc1OC. The van der Waals surface area contributed by atoms with Crippen LogP contribution < -0.4 is 15.8 Å². The summed E-state index contributed by atoms with van der Waals surface area (Å²) in [5.74, 6) is 0.616. The number of benzene rings is 1. The third-order valence-corrected chi connectivity index (χ3v) is 2.61. The van der Waals surface area contributed by atoms with Crippen LogP contribution in [0.4, 0.5) is 10.5 Å². The van der Waals surface area contributed by atoms with Crippen LogP contribution in [0.1, 0.15) is 12.5 Å². The van der Waals surface area contributed by atoms with Gasteiger partial charge >= 0.3 is 6.03 Å². The van der Waals surface area contributed by atoms with Crippen LogP contribution in [-0.2, 0) is 6.54 Å². The van der Waals surface area contributed by atoms with Crippen molar-refractivity contribution in [3.05, 3.63) is 23.8 Å². The van der Waals surface area contributed by atoms with Crippen molar-refractivity contribution < 1.29 is 9.53 Å². The van der Waals surface area contributed by atoms with Crippen LogP contribution in [0, 0.1) is 0 Å². The highest BCUT2D eigenvalue weighted by Gasteiger charge is 2.13. The lowest BCUT2D eigenvalue weighted by molar-refractivity contribution is 0.224. The number of rotatable bonds is 4. The quantitative estimate of drug-likeness (QED) is 0.836. The average molecular weight is 237 g/mol. The monoisotopic (exact) mass is 237 g/mol. The molecule has 1 aromatic rings. The highest BCUT2D eigenvalue weighted by Crippen LogP contribution is 2.28. The fourth-order valence-electron chi connectivity index (χ4n) is 1.40. The lowest BCUT2D eigenvalue weighted by Gasteiger charge is -2.19. The number of amides is 2. The number of carbonyl (C=O) groups is 1. The molecule has 94 valence electrons. The van der Waals surface area contributed by atoms with E-state index in [2.05, 4.69) is 5.32 Å². The van der Waals surface area contributed by atoms with Crippen molar-refractivity contribution in [2.75, 3.05) is 26.0 Å². The van der Waals surface area contributed by atoms with Crippen molar-refractivity contribution in [1.29, 1.82) is 0 Å². The molecular formula is C12H19N3O2. The minimum atomic E-state index is -0.174. The topological polar surface area (TPSA) is 67.6 Å². The molecule has 0 atom stereocenters. The molecule has 0 radical (unpaired) electrons. The molecule has 0 fully saturated rings. The Morgan fingerprint density at radius 1 is 1.53 bits per heavy atom. The van der Waals surface area contributed by atoms with Gasteiger partial charge < -0.3 is 20.7 Å². The normalized spacial score (nSPS) is 9.88. The first-order chi connectivity index (χ1) is 8.13. The van der Waals surface area contributed by atoms with Crippen LogP contribution in [0.15, 0.2) is 18.2 Å². The summed E-state index contributed by atoms with van der Waals surface area (Å²) in [6.07, 6.45) is 0. The summed E-state index contributed by atoms with van der Waals surface area (Å²) in [5.41, 5.74) is 7.13. The summed E-state index contributed by atoms with van der Waals surface area (Å²) >= 11 is 0. The van der Waals surface area contributed by atoms with Crippen LogP contribution in [0.25, 0.3) is 0 Å². The summed E-state index contributed by atoms with van der Waals surface area (Å²) in [7, 11) is 3.29. The summed E-state index contributed by atoms with van der Waals surface area (Å²) in [5, 5.41) is 2.81. The molecule has 0 aromatic heterocycles. The molecule has 5 nitrogen and oxygen atoms in total. The maximum absolute atomic E-state index is 11.8. The second-order valence-electron chi connectivity index (χ2n) is 3.64. The van der Waals surface area contributed by atoms with Crippen molar-refractivity contribution in [3.8, 4) is 5.75 Å². The van der Waals surface area contributed by atoms with Gasteiger partial charge in [0.1, 0.15) is 5.75 Å². The zero-order valence-electron chi connectivity index (χ0n) is 10.5. The van der Waals surface area contributed by atoms with E-state index in [-0.39, 0.29) is 6.03 Å². The molecule has 3 N–H and O–H groups in total. The highest BCUT2D eigenvalue weighted by atomic mass is 16.5. The predicted octanol–water partition coefficient (Wildman–Crippen LogP) is 1.64. The van der Waals surface area contributed by atoms with Crippen molar-refractivity contribution in [1.82, 2.24) is 4.90 Å². The molecule has 17 heavy (non-hydrogen) atoms. The zero-order valence-corrected chi connectivity index (χ0v) is 10.5. The number of hydrogen-bond donors (Lipinski definition) is 2. The van der Waals surface area contributed by atoms with Gasteiger partial charge in [0, 0.05) is 20.1 Å². The Kier molecular flexibility index (Phi) is 4.78. The van der Waals surface area contributed by atoms with E-state index < -0.39 is 0 Å². The number of methoxy groups -OCH3 is 1. The second-order valence-corrected chi connectivity index (χ2v) is 3.64. The third kappa shape index (κ3) is 3.10. The first-order valence-electron chi connectivity index (χ1n) is 5.52. The van der Waals surface area contributed by atoms with Gasteiger partial charge in [0.25, 0.3) is 0 Å². The second kappa shape index (κ2) is 6.10. The number of urea groups is 1. The van der Waals surface area contributed by atoms with Crippen molar-refractivity contribution in [3.63, 3.8) is 0 Å². The minimum Gasteiger partial charge on any atom is -0.495 e. The Bertz CT molecular complexity index is 371. The molecular weight excluding hydrogens is 218 g/mol. The molecule has 0 bridgehead atoms. The molecule has 0 heterocycles. The number of para-hydroxylation sites is 1. The Labute approximate surface area is 102 Å². The van der Waals surface area contributed by atoms with Crippen LogP contribution in [0.5, 0.6) is 5.75 Å². The molecule has 0 saturated carbocycles. The van der Waals surface area contributed by atoms with Gasteiger partial charge in [-0.3, -0.25) is 0 Å². The van der Waals surface area contributed by atoms with Crippen molar-refractivity contribution in [2.45, 2.75) is 13.5 Å². The number of nitrogens with one attached hydrogen (secondary N) is 1. The molecule has 0 aliphatic rings. The summed E-state index contributed by atoms with van der Waals surface area (Å²) < 4.78 is 5.21. The largest absolute Gasteiger partial charge is 0.495 e. The number of nitrogens with two attached hydrogens (primary N) is 1. The molecule has 5 heteroatoms. The fourth-order valence-corrected chi connectivity index (χ4v) is 1.40. The Balaban J connectivity index is 2.99. The van der Waals surface area contributed by atoms with E-state index in [0.717, 1.165) is 5.56 Å². The van der Waals surface area contributed by atoms with E-state index in [1.807, 2.05) is 19.1 Å². The predicted molar refractivity (Wildman–Crippen MR) is 68.2 cm³/mol. The van der Waals surface area contributed by atoms with Crippen LogP contribution in [0.2, 0.25) is 0 Å². The van der Waals surface area contributed by atoms with Crippen molar-refractivity contribution in [2.24, 2.45) is 5.73 Å². The smallest absolute Gasteiger partial charge is 0.321 e. The number of carbonyl (C=O) groups excluding carboxylic acids is 1. The Morgan fingerprint density at radius 2 is 2.24 bits per heavy atom. The third-order valence-electron chi connectivity index (χ3n) is 2.61. The number of nitrogens with zero attached hydrogens (tertiary/aromatic N) is 1. The summed E-state index contributed by atoms with van der Waals surface area (Å²) in [6, 6.07) is 5.33. The van der Waals surface area contributed by atoms with Crippen molar-refractivity contribution >= 4 is 11.7 Å². The fraction of sp³-hybridized carbons (Fsp3) is 0.417. The van der Waals surface area contributed by atoms with E-state index in [4.69, 9.17) is 10.5 Å². The van der Waals surface area contributed by atoms with E-state index in [1.165, 1.54) is 0 Å². The lowest BCUT2D eigenvalue weighted by Crippen LogP contribution is -2.31. The number of anilines is 1. The molecule has 1 aromatic carbocycles. The Hall–Kier alpha value is -1.75. The van der Waals surface area contributed by atoms with Gasteiger partial charge in [-0.05, 0) is 18.6 Å². The van der Waals surface area contributed by atoms with E-state index >= 15 is 0 Å². The van der Waals surface area contributed by atoms with Gasteiger partial charge in [0.15, 0.2) is 0 Å². The molecule has 2 amide bonds. The molecule has 1 rings (SSSR count). The van der Waals surface area contributed by atoms with Gasteiger partial charge in [0.05, 0.1) is 12.8 Å². The summed E-state index contributed by atoms with van der Waals surface area (Å²) in [4.78, 5) is 13.4. The van der Waals surface area contributed by atoms with E-state index in [1.54, 1.807) is 25.1 Å². The lowest BCUT2D eigenvalue weighted by atomic mass is 10.1. The van der Waals surface area contributed by atoms with Gasteiger partial charge in [-0.2, -0.15) is 0 Å². The minimum absolute atomic E-state index is 0.174. The maximum Gasteiger partial charge on any atom is 0.321 e. The molecule has 0 unspecified atom stereocenters. The van der Waals surface area contributed by atoms with E-state index in [0.29, 0.717) is 24.5 Å². The van der Waals surface area contributed by atoms with Crippen LogP contribution in [-0.4, -0.2) is 31.6 Å². The first-order valence-corrected chi connectivity index (χ1v) is 5.52. The molecule has 0 spiro atoms. The molecule has 0 saturated heterocycles.